The molecule has 1 heterocycles. The number of hydrogen-bond acceptors (Lipinski definition) is 3. The Balaban J connectivity index is 2.32. The average molecular weight is 221 g/mol. The SMILES string of the molecule is COc1ccccc1[C@H]1OCCN1C(C)=O. The smallest absolute Gasteiger partial charge is 0.221 e. The molecule has 4 nitrogen and oxygen atoms in total. The largest absolute Gasteiger partial charge is 0.496 e. The molecule has 1 aliphatic rings. The van der Waals surface area contributed by atoms with Gasteiger partial charge in [-0.1, -0.05) is 18.2 Å². The molecule has 4 heteroatoms. The summed E-state index contributed by atoms with van der Waals surface area (Å²) in [7, 11) is 1.62. The number of para-hydroxylation sites is 1. The van der Waals surface area contributed by atoms with Crippen LogP contribution in [0.2, 0.25) is 0 Å². The van der Waals surface area contributed by atoms with E-state index in [1.165, 1.54) is 0 Å². The van der Waals surface area contributed by atoms with Gasteiger partial charge >= 0.3 is 0 Å². The van der Waals surface area contributed by atoms with E-state index in [9.17, 15) is 4.79 Å². The van der Waals surface area contributed by atoms with Crippen LogP contribution in [-0.2, 0) is 9.53 Å². The van der Waals surface area contributed by atoms with Crippen molar-refractivity contribution in [3.05, 3.63) is 29.8 Å². The van der Waals surface area contributed by atoms with Gasteiger partial charge in [-0.25, -0.2) is 0 Å². The fourth-order valence-electron chi connectivity index (χ4n) is 1.92. The van der Waals surface area contributed by atoms with E-state index < -0.39 is 0 Å². The minimum absolute atomic E-state index is 0.0217. The zero-order chi connectivity index (χ0) is 11.5. The van der Waals surface area contributed by atoms with Crippen molar-refractivity contribution in [2.45, 2.75) is 13.2 Å². The van der Waals surface area contributed by atoms with Crippen molar-refractivity contribution in [2.24, 2.45) is 0 Å². The molecule has 1 aromatic rings. The molecule has 1 atom stereocenters. The number of carbonyl (C=O) groups is 1. The van der Waals surface area contributed by atoms with Crippen molar-refractivity contribution in [3.8, 4) is 5.75 Å². The van der Waals surface area contributed by atoms with Gasteiger partial charge in [-0.2, -0.15) is 0 Å². The van der Waals surface area contributed by atoms with Crippen molar-refractivity contribution in [1.29, 1.82) is 0 Å². The minimum Gasteiger partial charge on any atom is -0.496 e. The van der Waals surface area contributed by atoms with Crippen LogP contribution in [0, 0.1) is 0 Å². The van der Waals surface area contributed by atoms with Crippen LogP contribution in [0.4, 0.5) is 0 Å². The number of carbonyl (C=O) groups excluding carboxylic acids is 1. The van der Waals surface area contributed by atoms with Gasteiger partial charge in [0.05, 0.1) is 13.7 Å². The second-order valence-electron chi connectivity index (χ2n) is 3.68. The highest BCUT2D eigenvalue weighted by Gasteiger charge is 2.30. The first-order valence-corrected chi connectivity index (χ1v) is 5.25. The van der Waals surface area contributed by atoms with Gasteiger partial charge in [-0.15, -0.1) is 0 Å². The van der Waals surface area contributed by atoms with Crippen LogP contribution >= 0.6 is 0 Å². The van der Waals surface area contributed by atoms with E-state index in [2.05, 4.69) is 0 Å². The van der Waals surface area contributed by atoms with E-state index in [1.807, 2.05) is 24.3 Å². The first-order chi connectivity index (χ1) is 7.74. The monoisotopic (exact) mass is 221 g/mol. The lowest BCUT2D eigenvalue weighted by molar-refractivity contribution is -0.133. The molecule has 0 N–H and O–H groups in total. The number of hydrogen-bond donors (Lipinski definition) is 0. The number of ether oxygens (including phenoxy) is 2. The van der Waals surface area contributed by atoms with E-state index in [0.717, 1.165) is 11.3 Å². The average Bonchev–Trinajstić information content (AvgIpc) is 2.77. The summed E-state index contributed by atoms with van der Waals surface area (Å²) in [6, 6.07) is 7.60. The lowest BCUT2D eigenvalue weighted by Gasteiger charge is -2.23. The molecule has 1 aliphatic heterocycles. The van der Waals surface area contributed by atoms with Gasteiger partial charge < -0.3 is 14.4 Å². The third-order valence-electron chi connectivity index (χ3n) is 2.70. The molecule has 0 unspecified atom stereocenters. The molecule has 1 saturated heterocycles. The van der Waals surface area contributed by atoms with Gasteiger partial charge in [-0.05, 0) is 6.07 Å². The minimum atomic E-state index is -0.311. The van der Waals surface area contributed by atoms with Gasteiger partial charge in [-0.3, -0.25) is 4.79 Å². The number of amides is 1. The van der Waals surface area contributed by atoms with E-state index in [1.54, 1.807) is 18.9 Å². The fraction of sp³-hybridized carbons (Fsp3) is 0.417. The summed E-state index contributed by atoms with van der Waals surface area (Å²) >= 11 is 0. The normalized spacial score (nSPS) is 19.9. The van der Waals surface area contributed by atoms with Crippen LogP contribution in [0.5, 0.6) is 5.75 Å². The molecule has 0 spiro atoms. The molecular formula is C12H15NO3. The van der Waals surface area contributed by atoms with Crippen LogP contribution in [0.15, 0.2) is 24.3 Å². The Morgan fingerprint density at radius 2 is 2.25 bits per heavy atom. The Morgan fingerprint density at radius 3 is 2.94 bits per heavy atom. The lowest BCUT2D eigenvalue weighted by atomic mass is 10.1. The van der Waals surface area contributed by atoms with Crippen LogP contribution in [0.1, 0.15) is 18.7 Å². The summed E-state index contributed by atoms with van der Waals surface area (Å²) in [5.41, 5.74) is 0.901. The molecule has 1 aromatic carbocycles. The summed E-state index contributed by atoms with van der Waals surface area (Å²) in [4.78, 5) is 13.1. The zero-order valence-corrected chi connectivity index (χ0v) is 9.47. The standard InChI is InChI=1S/C12H15NO3/c1-9(14)13-7-8-16-12(13)10-5-3-4-6-11(10)15-2/h3-6,12H,7-8H2,1-2H3/t12-/m1/s1. The molecular weight excluding hydrogens is 206 g/mol. The van der Waals surface area contributed by atoms with Crippen LogP contribution in [0.3, 0.4) is 0 Å². The van der Waals surface area contributed by atoms with Gasteiger partial charge in [0.25, 0.3) is 0 Å². The Bertz CT molecular complexity index is 392. The molecule has 86 valence electrons. The molecule has 0 saturated carbocycles. The Morgan fingerprint density at radius 1 is 1.50 bits per heavy atom. The predicted octanol–water partition coefficient (Wildman–Crippen LogP) is 1.57. The second-order valence-corrected chi connectivity index (χ2v) is 3.68. The second kappa shape index (κ2) is 4.53. The first-order valence-electron chi connectivity index (χ1n) is 5.25. The molecule has 0 radical (unpaired) electrons. The highest BCUT2D eigenvalue weighted by molar-refractivity contribution is 5.74. The van der Waals surface area contributed by atoms with Crippen molar-refractivity contribution < 1.29 is 14.3 Å². The summed E-state index contributed by atoms with van der Waals surface area (Å²) in [6.45, 7) is 2.76. The molecule has 1 amide bonds. The van der Waals surface area contributed by atoms with Crippen LogP contribution in [0.25, 0.3) is 0 Å². The van der Waals surface area contributed by atoms with Crippen molar-refractivity contribution >= 4 is 5.91 Å². The lowest BCUT2D eigenvalue weighted by Crippen LogP contribution is -2.28. The van der Waals surface area contributed by atoms with Crippen molar-refractivity contribution in [3.63, 3.8) is 0 Å². The van der Waals surface area contributed by atoms with E-state index in [4.69, 9.17) is 9.47 Å². The molecule has 16 heavy (non-hydrogen) atoms. The summed E-state index contributed by atoms with van der Waals surface area (Å²) < 4.78 is 10.8. The third-order valence-corrected chi connectivity index (χ3v) is 2.70. The quantitative estimate of drug-likeness (QED) is 0.761. The highest BCUT2D eigenvalue weighted by Crippen LogP contribution is 2.32. The third kappa shape index (κ3) is 1.88. The number of methoxy groups -OCH3 is 1. The number of nitrogens with zero attached hydrogens (tertiary/aromatic N) is 1. The van der Waals surface area contributed by atoms with E-state index in [0.29, 0.717) is 13.2 Å². The van der Waals surface area contributed by atoms with Gasteiger partial charge in [0.1, 0.15) is 5.75 Å². The van der Waals surface area contributed by atoms with Gasteiger partial charge in [0, 0.05) is 19.0 Å². The van der Waals surface area contributed by atoms with E-state index >= 15 is 0 Å². The molecule has 1 fully saturated rings. The molecule has 0 aliphatic carbocycles. The molecule has 2 rings (SSSR count). The van der Waals surface area contributed by atoms with Crippen LogP contribution < -0.4 is 4.74 Å². The summed E-state index contributed by atoms with van der Waals surface area (Å²) in [6.07, 6.45) is -0.311. The predicted molar refractivity (Wildman–Crippen MR) is 59.1 cm³/mol. The topological polar surface area (TPSA) is 38.8 Å². The number of rotatable bonds is 2. The van der Waals surface area contributed by atoms with E-state index in [-0.39, 0.29) is 12.1 Å². The summed E-state index contributed by atoms with van der Waals surface area (Å²) in [5.74, 6) is 0.772. The van der Waals surface area contributed by atoms with Crippen molar-refractivity contribution in [1.82, 2.24) is 4.90 Å². The Hall–Kier alpha value is -1.55. The first kappa shape index (κ1) is 11.0. The zero-order valence-electron chi connectivity index (χ0n) is 9.47. The van der Waals surface area contributed by atoms with Crippen LogP contribution in [-0.4, -0.2) is 31.1 Å². The Labute approximate surface area is 94.8 Å². The van der Waals surface area contributed by atoms with Crippen molar-refractivity contribution in [2.75, 3.05) is 20.3 Å². The summed E-state index contributed by atoms with van der Waals surface area (Å²) in [5, 5.41) is 0. The Kier molecular flexibility index (Phi) is 3.10. The molecule has 0 bridgehead atoms. The molecule has 0 aromatic heterocycles. The van der Waals surface area contributed by atoms with Gasteiger partial charge in [0.2, 0.25) is 5.91 Å². The number of benzene rings is 1. The van der Waals surface area contributed by atoms with Gasteiger partial charge in [0.15, 0.2) is 6.23 Å². The fourth-order valence-corrected chi connectivity index (χ4v) is 1.92. The maximum Gasteiger partial charge on any atom is 0.221 e. The maximum absolute atomic E-state index is 11.4. The highest BCUT2D eigenvalue weighted by atomic mass is 16.5. The maximum atomic E-state index is 11.4.